The molecule has 2 aromatic heterocycles. The molecule has 0 bridgehead atoms. The van der Waals surface area contributed by atoms with E-state index in [1.165, 1.54) is 24.4 Å². The molecule has 1 saturated carbocycles. The van der Waals surface area contributed by atoms with E-state index >= 15 is 0 Å². The van der Waals surface area contributed by atoms with E-state index in [1.807, 2.05) is 31.1 Å². The maximum absolute atomic E-state index is 13.1. The van der Waals surface area contributed by atoms with Gasteiger partial charge in [0.1, 0.15) is 5.75 Å². The summed E-state index contributed by atoms with van der Waals surface area (Å²) < 4.78 is 21.1. The van der Waals surface area contributed by atoms with Crippen LogP contribution in [-0.4, -0.2) is 63.1 Å². The highest BCUT2D eigenvalue weighted by atomic mass is 32.2. The van der Waals surface area contributed by atoms with Crippen molar-refractivity contribution in [1.29, 1.82) is 0 Å². The van der Waals surface area contributed by atoms with Crippen molar-refractivity contribution in [2.24, 2.45) is 0 Å². The van der Waals surface area contributed by atoms with Crippen LogP contribution in [0.3, 0.4) is 0 Å². The van der Waals surface area contributed by atoms with Crippen LogP contribution in [0.4, 0.5) is 17.3 Å². The number of nitrogens with one attached hydrogen (secondary N) is 2. The number of anilines is 3. The van der Waals surface area contributed by atoms with E-state index in [0.717, 1.165) is 16.6 Å². The van der Waals surface area contributed by atoms with Crippen LogP contribution in [-0.2, 0) is 15.6 Å². The van der Waals surface area contributed by atoms with Crippen LogP contribution in [0.15, 0.2) is 72.4 Å². The second-order valence-electron chi connectivity index (χ2n) is 9.68. The van der Waals surface area contributed by atoms with Crippen molar-refractivity contribution in [1.82, 2.24) is 19.4 Å². The molecule has 1 unspecified atom stereocenters. The van der Waals surface area contributed by atoms with Crippen molar-refractivity contribution in [3.8, 4) is 17.0 Å². The lowest BCUT2D eigenvalue weighted by Crippen LogP contribution is -2.20. The van der Waals surface area contributed by atoms with Crippen molar-refractivity contribution in [2.75, 3.05) is 44.1 Å². The Hall–Kier alpha value is -4.02. The Morgan fingerprint density at radius 2 is 2.03 bits per heavy atom. The number of methoxy groups -OCH3 is 1. The molecule has 10 heteroatoms. The fraction of sp³-hybridized carbons (Fsp3) is 0.276. The zero-order valence-electron chi connectivity index (χ0n) is 22.3. The number of fused-ring (bicyclic) bond motifs is 1. The lowest BCUT2D eigenvalue weighted by Gasteiger charge is -2.17. The topological polar surface area (TPSA) is 101 Å². The number of carbonyl (C=O) groups is 1. The average molecular weight is 545 g/mol. The van der Waals surface area contributed by atoms with Crippen LogP contribution in [0.25, 0.3) is 22.2 Å². The van der Waals surface area contributed by atoms with Gasteiger partial charge in [-0.3, -0.25) is 9.00 Å². The third-order valence-electron chi connectivity index (χ3n) is 6.57. The minimum absolute atomic E-state index is 0.372. The predicted octanol–water partition coefficient (Wildman–Crippen LogP) is 4.98. The minimum atomic E-state index is -1.37. The quantitative estimate of drug-likeness (QED) is 0.257. The van der Waals surface area contributed by atoms with Gasteiger partial charge >= 0.3 is 0 Å². The molecule has 1 amide bonds. The van der Waals surface area contributed by atoms with E-state index < -0.39 is 16.7 Å². The summed E-state index contributed by atoms with van der Waals surface area (Å²) in [5.41, 5.74) is 3.97. The van der Waals surface area contributed by atoms with E-state index in [4.69, 9.17) is 9.72 Å². The third kappa shape index (κ3) is 5.86. The molecular weight excluding hydrogens is 512 g/mol. The van der Waals surface area contributed by atoms with Gasteiger partial charge in [-0.15, -0.1) is 0 Å². The molecule has 0 aliphatic heterocycles. The van der Waals surface area contributed by atoms with Crippen LogP contribution in [0.2, 0.25) is 0 Å². The van der Waals surface area contributed by atoms with Crippen molar-refractivity contribution >= 4 is 44.9 Å². The highest BCUT2D eigenvalue weighted by Crippen LogP contribution is 2.41. The Labute approximate surface area is 230 Å². The largest absolute Gasteiger partial charge is 0.495 e. The van der Waals surface area contributed by atoms with E-state index in [-0.39, 0.29) is 0 Å². The van der Waals surface area contributed by atoms with Gasteiger partial charge < -0.3 is 24.8 Å². The van der Waals surface area contributed by atoms with Gasteiger partial charge in [0.15, 0.2) is 0 Å². The Morgan fingerprint density at radius 1 is 1.23 bits per heavy atom. The second-order valence-corrected chi connectivity index (χ2v) is 11.2. The van der Waals surface area contributed by atoms with Gasteiger partial charge in [0.2, 0.25) is 11.9 Å². The fourth-order valence-corrected chi connectivity index (χ4v) is 5.77. The first-order valence-electron chi connectivity index (χ1n) is 12.8. The molecule has 5 rings (SSSR count). The van der Waals surface area contributed by atoms with Crippen LogP contribution >= 0.6 is 0 Å². The molecule has 9 nitrogen and oxygen atoms in total. The summed E-state index contributed by atoms with van der Waals surface area (Å²) in [5, 5.41) is 7.16. The normalized spacial score (nSPS) is 13.8. The van der Waals surface area contributed by atoms with Gasteiger partial charge in [0.25, 0.3) is 0 Å². The number of benzene rings is 2. The number of rotatable bonds is 11. The van der Waals surface area contributed by atoms with Crippen LogP contribution in [0.5, 0.6) is 5.75 Å². The van der Waals surface area contributed by atoms with E-state index in [0.29, 0.717) is 46.3 Å². The smallest absolute Gasteiger partial charge is 0.247 e. The summed E-state index contributed by atoms with van der Waals surface area (Å²) in [4.78, 5) is 23.9. The molecule has 0 radical (unpaired) electrons. The number of para-hydroxylation sites is 1. The highest BCUT2D eigenvalue weighted by Gasteiger charge is 2.26. The van der Waals surface area contributed by atoms with Gasteiger partial charge in [-0.05, 0) is 51.2 Å². The first kappa shape index (κ1) is 26.6. The summed E-state index contributed by atoms with van der Waals surface area (Å²) in [6, 6.07) is 14.2. The number of hydrogen-bond donors (Lipinski definition) is 2. The zero-order valence-corrected chi connectivity index (χ0v) is 23.1. The molecule has 0 saturated heterocycles. The van der Waals surface area contributed by atoms with Gasteiger partial charge in [-0.2, -0.15) is 0 Å². The van der Waals surface area contributed by atoms with Crippen LogP contribution < -0.4 is 15.4 Å². The molecule has 2 aromatic carbocycles. The molecule has 2 heterocycles. The number of amides is 1. The molecule has 39 heavy (non-hydrogen) atoms. The molecule has 1 aliphatic rings. The van der Waals surface area contributed by atoms with Crippen molar-refractivity contribution in [3.63, 3.8) is 0 Å². The Bertz CT molecular complexity index is 1560. The molecule has 1 atom stereocenters. The minimum Gasteiger partial charge on any atom is -0.495 e. The Morgan fingerprint density at radius 3 is 2.74 bits per heavy atom. The molecular formula is C29H32N6O3S. The fourth-order valence-electron chi connectivity index (χ4n) is 4.43. The standard InChI is InChI=1S/C29H32N6O3S/c1-5-28(36)31-24-16-23(26(38-4)17-27(24)39(37)15-14-34(2)3)33-29-30-13-12-22(32-29)21-18-35(19-10-11-19)25-9-7-6-8-20(21)25/h5-9,12-13,16-19H,1,10-11,14-15H2,2-4H3,(H,31,36)(H,30,32,33). The number of hydrogen-bond acceptors (Lipinski definition) is 7. The number of ether oxygens (including phenoxy) is 1. The summed E-state index contributed by atoms with van der Waals surface area (Å²) >= 11 is 0. The second kappa shape index (κ2) is 11.4. The molecule has 1 aliphatic carbocycles. The van der Waals surface area contributed by atoms with Gasteiger partial charge in [-0.1, -0.05) is 24.8 Å². The van der Waals surface area contributed by atoms with Gasteiger partial charge in [0.05, 0.1) is 39.9 Å². The number of carbonyl (C=O) groups excluding carboxylic acids is 1. The van der Waals surface area contributed by atoms with E-state index in [9.17, 15) is 9.00 Å². The van der Waals surface area contributed by atoms with E-state index in [1.54, 1.807) is 25.4 Å². The van der Waals surface area contributed by atoms with Crippen molar-refractivity contribution < 1.29 is 13.7 Å². The van der Waals surface area contributed by atoms with Crippen molar-refractivity contribution in [2.45, 2.75) is 23.8 Å². The first-order valence-corrected chi connectivity index (χ1v) is 14.1. The Kier molecular flexibility index (Phi) is 7.76. The van der Waals surface area contributed by atoms with Crippen molar-refractivity contribution in [3.05, 3.63) is 67.5 Å². The monoisotopic (exact) mass is 544 g/mol. The maximum atomic E-state index is 13.1. The Balaban J connectivity index is 1.50. The molecule has 2 N–H and O–H groups in total. The van der Waals surface area contributed by atoms with Crippen LogP contribution in [0, 0.1) is 0 Å². The van der Waals surface area contributed by atoms with Crippen LogP contribution in [0.1, 0.15) is 18.9 Å². The maximum Gasteiger partial charge on any atom is 0.247 e. The summed E-state index contributed by atoms with van der Waals surface area (Å²) in [5.74, 6) is 0.831. The summed E-state index contributed by atoms with van der Waals surface area (Å²) in [6.45, 7) is 4.16. The average Bonchev–Trinajstić information content (AvgIpc) is 3.71. The molecule has 0 spiro atoms. The number of aromatic nitrogens is 3. The zero-order chi connectivity index (χ0) is 27.5. The summed E-state index contributed by atoms with van der Waals surface area (Å²) in [7, 11) is 4.01. The molecule has 1 fully saturated rings. The third-order valence-corrected chi connectivity index (χ3v) is 7.95. The lowest BCUT2D eigenvalue weighted by molar-refractivity contribution is -0.111. The summed E-state index contributed by atoms with van der Waals surface area (Å²) in [6.07, 6.45) is 7.44. The van der Waals surface area contributed by atoms with Gasteiger partial charge in [-0.25, -0.2) is 9.97 Å². The first-order chi connectivity index (χ1) is 18.9. The number of nitrogens with zero attached hydrogens (tertiary/aromatic N) is 4. The SMILES string of the molecule is C=CC(=O)Nc1cc(Nc2nccc(-c3cn(C4CC4)c4ccccc34)n2)c(OC)cc1S(=O)CCN(C)C. The lowest BCUT2D eigenvalue weighted by atomic mass is 10.1. The van der Waals surface area contributed by atoms with E-state index in [2.05, 4.69) is 51.2 Å². The van der Waals surface area contributed by atoms with Gasteiger partial charge in [0, 0.05) is 53.3 Å². The molecule has 4 aromatic rings. The highest BCUT2D eigenvalue weighted by molar-refractivity contribution is 7.85. The molecule has 202 valence electrons. The predicted molar refractivity (Wildman–Crippen MR) is 156 cm³/mol.